The van der Waals surface area contributed by atoms with E-state index in [1.807, 2.05) is 18.2 Å². The minimum absolute atomic E-state index is 0.181. The fourth-order valence-electron chi connectivity index (χ4n) is 4.88. The van der Waals surface area contributed by atoms with Gasteiger partial charge in [0.25, 0.3) is 5.91 Å². The molecule has 0 spiro atoms. The zero-order valence-electron chi connectivity index (χ0n) is 19.7. The maximum absolute atomic E-state index is 13.3. The summed E-state index contributed by atoms with van der Waals surface area (Å²) in [5, 5.41) is 0.917. The maximum atomic E-state index is 13.3. The number of aromatic nitrogens is 1. The average molecular weight is 499 g/mol. The Morgan fingerprint density at radius 3 is 2.42 bits per heavy atom. The number of urea groups is 1. The van der Waals surface area contributed by atoms with Gasteiger partial charge in [0.1, 0.15) is 11.8 Å². The zero-order valence-corrected chi connectivity index (χ0v) is 19.7. The lowest BCUT2D eigenvalue weighted by Gasteiger charge is -2.29. The van der Waals surface area contributed by atoms with E-state index in [2.05, 4.69) is 20.7 Å². The zero-order chi connectivity index (χ0) is 25.4. The first kappa shape index (κ1) is 23.9. The van der Waals surface area contributed by atoms with Crippen LogP contribution in [0.1, 0.15) is 31.7 Å². The normalized spacial score (nSPS) is 18.9. The van der Waals surface area contributed by atoms with Crippen LogP contribution < -0.4 is 14.5 Å². The molecule has 36 heavy (non-hydrogen) atoms. The summed E-state index contributed by atoms with van der Waals surface area (Å²) in [6, 6.07) is 11.3. The number of hydrogen-bond donors (Lipinski definition) is 0. The number of para-hydroxylation sites is 1. The Kier molecular flexibility index (Phi) is 6.19. The Bertz CT molecular complexity index is 1290. The van der Waals surface area contributed by atoms with Crippen molar-refractivity contribution in [3.8, 4) is 5.75 Å². The van der Waals surface area contributed by atoms with Gasteiger partial charge in [-0.3, -0.25) is 9.78 Å². The van der Waals surface area contributed by atoms with Crippen LogP contribution in [0.5, 0.6) is 5.75 Å². The predicted octanol–water partition coefficient (Wildman–Crippen LogP) is 5.48. The van der Waals surface area contributed by atoms with Gasteiger partial charge < -0.3 is 14.5 Å². The van der Waals surface area contributed by atoms with E-state index in [1.165, 1.54) is 23.5 Å². The standard InChI is InChI=1S/C26H25F3N4O3/c1-17-24(34)33(19-8-10-20(11-9-19)36-26(27,28)29)25(35)32(17)16-18-12-13-30-23-21(18)6-5-7-22(23)31-14-3-2-4-15-31/h5-13,17H,2-4,14-16H2,1H3. The third-order valence-corrected chi connectivity index (χ3v) is 6.69. The van der Waals surface area contributed by atoms with E-state index >= 15 is 0 Å². The molecule has 0 N–H and O–H groups in total. The average Bonchev–Trinajstić information content (AvgIpc) is 3.07. The van der Waals surface area contributed by atoms with Gasteiger partial charge >= 0.3 is 12.4 Å². The highest BCUT2D eigenvalue weighted by molar-refractivity contribution is 6.21. The van der Waals surface area contributed by atoms with Crippen LogP contribution in [0.4, 0.5) is 29.3 Å². The summed E-state index contributed by atoms with van der Waals surface area (Å²) in [4.78, 5) is 35.7. The number of piperidine rings is 1. The number of nitrogens with zero attached hydrogens (tertiary/aromatic N) is 4. The highest BCUT2D eigenvalue weighted by atomic mass is 19.4. The molecule has 1 atom stereocenters. The molecule has 0 saturated carbocycles. The molecule has 7 nitrogen and oxygen atoms in total. The van der Waals surface area contributed by atoms with Crippen LogP contribution in [0.25, 0.3) is 10.9 Å². The Balaban J connectivity index is 1.40. The summed E-state index contributed by atoms with van der Waals surface area (Å²) >= 11 is 0. The van der Waals surface area contributed by atoms with Crippen LogP contribution in [0.3, 0.4) is 0 Å². The number of carbonyl (C=O) groups is 2. The molecule has 3 heterocycles. The predicted molar refractivity (Wildman–Crippen MR) is 129 cm³/mol. The van der Waals surface area contributed by atoms with E-state index in [-0.39, 0.29) is 12.2 Å². The third kappa shape index (κ3) is 4.55. The molecule has 0 aliphatic carbocycles. The van der Waals surface area contributed by atoms with Gasteiger partial charge in [-0.25, -0.2) is 9.69 Å². The largest absolute Gasteiger partial charge is 0.573 e. The molecule has 2 aliphatic rings. The van der Waals surface area contributed by atoms with E-state index in [4.69, 9.17) is 0 Å². The van der Waals surface area contributed by atoms with Crippen molar-refractivity contribution < 1.29 is 27.5 Å². The lowest BCUT2D eigenvalue weighted by molar-refractivity contribution is -0.274. The van der Waals surface area contributed by atoms with Crippen molar-refractivity contribution in [3.63, 3.8) is 0 Å². The maximum Gasteiger partial charge on any atom is 0.573 e. The topological polar surface area (TPSA) is 66.0 Å². The van der Waals surface area contributed by atoms with E-state index < -0.39 is 30.1 Å². The minimum atomic E-state index is -4.83. The Labute approximate surface area is 206 Å². The number of rotatable bonds is 5. The molecule has 1 unspecified atom stereocenters. The summed E-state index contributed by atoms with van der Waals surface area (Å²) in [7, 11) is 0. The second kappa shape index (κ2) is 9.33. The van der Waals surface area contributed by atoms with Gasteiger partial charge in [-0.1, -0.05) is 12.1 Å². The molecule has 2 saturated heterocycles. The number of halogens is 3. The number of alkyl halides is 3. The van der Waals surface area contributed by atoms with Crippen molar-refractivity contribution in [2.45, 2.75) is 45.1 Å². The summed E-state index contributed by atoms with van der Waals surface area (Å²) in [6.07, 6.45) is 0.383. The van der Waals surface area contributed by atoms with Crippen LogP contribution in [0.15, 0.2) is 54.7 Å². The molecule has 2 aromatic carbocycles. The van der Waals surface area contributed by atoms with Crippen LogP contribution >= 0.6 is 0 Å². The lowest BCUT2D eigenvalue weighted by Crippen LogP contribution is -2.33. The molecule has 3 amide bonds. The molecular formula is C26H25F3N4O3. The quantitative estimate of drug-likeness (QED) is 0.436. The van der Waals surface area contributed by atoms with Crippen molar-refractivity contribution in [1.29, 1.82) is 0 Å². The molecule has 2 aliphatic heterocycles. The first-order chi connectivity index (χ1) is 17.2. The van der Waals surface area contributed by atoms with Gasteiger partial charge in [0.2, 0.25) is 0 Å². The van der Waals surface area contributed by atoms with Crippen molar-refractivity contribution in [2.75, 3.05) is 22.9 Å². The summed E-state index contributed by atoms with van der Waals surface area (Å²) in [5.41, 5.74) is 2.97. The van der Waals surface area contributed by atoms with Crippen molar-refractivity contribution in [3.05, 3.63) is 60.3 Å². The number of carbonyl (C=O) groups excluding carboxylic acids is 2. The number of ether oxygens (including phenoxy) is 1. The molecule has 0 bridgehead atoms. The van der Waals surface area contributed by atoms with Gasteiger partial charge in [-0.2, -0.15) is 0 Å². The molecule has 5 rings (SSSR count). The molecule has 188 valence electrons. The highest BCUT2D eigenvalue weighted by Crippen LogP contribution is 2.33. The van der Waals surface area contributed by atoms with Crippen molar-refractivity contribution in [1.82, 2.24) is 9.88 Å². The second-order valence-electron chi connectivity index (χ2n) is 8.99. The molecule has 0 radical (unpaired) electrons. The first-order valence-electron chi connectivity index (χ1n) is 11.8. The van der Waals surface area contributed by atoms with E-state index in [9.17, 15) is 22.8 Å². The number of anilines is 2. The van der Waals surface area contributed by atoms with Gasteiger partial charge in [-0.15, -0.1) is 13.2 Å². The number of amides is 3. The van der Waals surface area contributed by atoms with Crippen LogP contribution in [-0.2, 0) is 11.3 Å². The van der Waals surface area contributed by atoms with Crippen molar-refractivity contribution in [2.24, 2.45) is 0 Å². The van der Waals surface area contributed by atoms with Gasteiger partial charge in [-0.05, 0) is 68.1 Å². The van der Waals surface area contributed by atoms with Gasteiger partial charge in [0.15, 0.2) is 0 Å². The number of hydrogen-bond acceptors (Lipinski definition) is 5. The fraction of sp³-hybridized carbons (Fsp3) is 0.346. The number of benzene rings is 2. The summed E-state index contributed by atoms with van der Waals surface area (Å²) in [5.74, 6) is -0.875. The number of imide groups is 1. The van der Waals surface area contributed by atoms with E-state index in [1.54, 1.807) is 13.1 Å². The highest BCUT2D eigenvalue weighted by Gasteiger charge is 2.43. The van der Waals surface area contributed by atoms with E-state index in [0.717, 1.165) is 65.1 Å². The number of pyridine rings is 1. The Hall–Kier alpha value is -3.82. The Morgan fingerprint density at radius 2 is 1.72 bits per heavy atom. The van der Waals surface area contributed by atoms with Crippen molar-refractivity contribution >= 4 is 34.2 Å². The van der Waals surface area contributed by atoms with Crippen LogP contribution in [0, 0.1) is 0 Å². The SMILES string of the molecule is CC1C(=O)N(c2ccc(OC(F)(F)F)cc2)C(=O)N1Cc1ccnc2c(N3CCCCC3)cccc12. The molecule has 1 aromatic heterocycles. The molecular weight excluding hydrogens is 473 g/mol. The summed E-state index contributed by atoms with van der Waals surface area (Å²) in [6.45, 7) is 3.79. The van der Waals surface area contributed by atoms with Crippen LogP contribution in [0.2, 0.25) is 0 Å². The Morgan fingerprint density at radius 1 is 1.00 bits per heavy atom. The monoisotopic (exact) mass is 498 g/mol. The molecule has 3 aromatic rings. The number of fused-ring (bicyclic) bond motifs is 1. The van der Waals surface area contributed by atoms with Gasteiger partial charge in [0, 0.05) is 31.2 Å². The lowest BCUT2D eigenvalue weighted by atomic mass is 10.0. The van der Waals surface area contributed by atoms with E-state index in [0.29, 0.717) is 0 Å². The second-order valence-corrected chi connectivity index (χ2v) is 8.99. The summed E-state index contributed by atoms with van der Waals surface area (Å²) < 4.78 is 41.3. The smallest absolute Gasteiger partial charge is 0.406 e. The molecule has 10 heteroatoms. The minimum Gasteiger partial charge on any atom is -0.406 e. The third-order valence-electron chi connectivity index (χ3n) is 6.69. The molecule has 2 fully saturated rings. The first-order valence-corrected chi connectivity index (χ1v) is 11.8. The fourth-order valence-corrected chi connectivity index (χ4v) is 4.88. The van der Waals surface area contributed by atoms with Crippen LogP contribution in [-0.4, -0.2) is 47.3 Å². The van der Waals surface area contributed by atoms with Gasteiger partial charge in [0.05, 0.1) is 16.9 Å².